The van der Waals surface area contributed by atoms with Crippen LogP contribution in [0.2, 0.25) is 0 Å². The molecule has 0 fully saturated rings. The topological polar surface area (TPSA) is 82.0 Å². The molecule has 0 aliphatic heterocycles. The van der Waals surface area contributed by atoms with Crippen LogP contribution in [0, 0.1) is 11.3 Å². The zero-order valence-corrected chi connectivity index (χ0v) is 11.3. The molecule has 1 atom stereocenters. The lowest BCUT2D eigenvalue weighted by molar-refractivity contribution is 0.536. The van der Waals surface area contributed by atoms with E-state index in [1.54, 1.807) is 0 Å². The van der Waals surface area contributed by atoms with Crippen molar-refractivity contribution >= 4 is 10.0 Å². The molecule has 0 aromatic heterocycles. The highest BCUT2D eigenvalue weighted by molar-refractivity contribution is 7.89. The van der Waals surface area contributed by atoms with Gasteiger partial charge in [0.2, 0.25) is 10.0 Å². The molecule has 98 valence electrons. The lowest BCUT2D eigenvalue weighted by Crippen LogP contribution is -2.38. The Morgan fingerprint density at radius 2 is 1.94 bits per heavy atom. The van der Waals surface area contributed by atoms with E-state index in [4.69, 9.17) is 5.26 Å². The second-order valence-corrected chi connectivity index (χ2v) is 5.71. The molecule has 0 saturated carbocycles. The average molecular weight is 267 g/mol. The van der Waals surface area contributed by atoms with Crippen LogP contribution in [0.1, 0.15) is 19.4 Å². The van der Waals surface area contributed by atoms with Gasteiger partial charge in [-0.25, -0.2) is 13.1 Å². The minimum Gasteiger partial charge on any atom is -0.313 e. The minimum atomic E-state index is -3.50. The summed E-state index contributed by atoms with van der Waals surface area (Å²) in [6, 6.07) is 7.86. The Kier molecular flexibility index (Phi) is 5.28. The van der Waals surface area contributed by atoms with E-state index in [9.17, 15) is 8.42 Å². The first-order chi connectivity index (χ1) is 8.49. The zero-order chi connectivity index (χ0) is 13.6. The van der Waals surface area contributed by atoms with Gasteiger partial charge >= 0.3 is 0 Å². The molecule has 1 rings (SSSR count). The fourth-order valence-electron chi connectivity index (χ4n) is 1.45. The largest absolute Gasteiger partial charge is 0.313 e. The molecule has 1 aromatic carbocycles. The summed E-state index contributed by atoms with van der Waals surface area (Å²) >= 11 is 0. The molecular weight excluding hydrogens is 250 g/mol. The van der Waals surface area contributed by atoms with Crippen LogP contribution in [0.3, 0.4) is 0 Å². The molecular formula is C12H17N3O2S. The first kappa shape index (κ1) is 14.6. The third-order valence-electron chi connectivity index (χ3n) is 2.43. The quantitative estimate of drug-likeness (QED) is 0.800. The first-order valence-electron chi connectivity index (χ1n) is 5.73. The number of nitrogens with one attached hydrogen (secondary N) is 2. The summed E-state index contributed by atoms with van der Waals surface area (Å²) in [5.74, 6) is 0. The molecule has 0 radical (unpaired) electrons. The molecule has 1 aromatic rings. The van der Waals surface area contributed by atoms with E-state index in [0.717, 1.165) is 6.54 Å². The van der Waals surface area contributed by atoms with Crippen molar-refractivity contribution in [2.24, 2.45) is 0 Å². The van der Waals surface area contributed by atoms with Gasteiger partial charge in [0.15, 0.2) is 0 Å². The van der Waals surface area contributed by atoms with Gasteiger partial charge in [-0.2, -0.15) is 5.26 Å². The number of rotatable bonds is 6. The molecule has 18 heavy (non-hydrogen) atoms. The van der Waals surface area contributed by atoms with Gasteiger partial charge in [0, 0.05) is 12.6 Å². The molecule has 0 amide bonds. The van der Waals surface area contributed by atoms with Gasteiger partial charge in [0.05, 0.1) is 16.5 Å². The molecule has 0 bridgehead atoms. The van der Waals surface area contributed by atoms with Crippen LogP contribution in [-0.2, 0) is 10.0 Å². The maximum Gasteiger partial charge on any atom is 0.240 e. The average Bonchev–Trinajstić information content (AvgIpc) is 2.37. The molecule has 0 saturated heterocycles. The Morgan fingerprint density at radius 1 is 1.33 bits per heavy atom. The summed E-state index contributed by atoms with van der Waals surface area (Å²) in [7, 11) is -3.50. The first-order valence-corrected chi connectivity index (χ1v) is 7.21. The van der Waals surface area contributed by atoms with Crippen LogP contribution in [0.5, 0.6) is 0 Å². The van der Waals surface area contributed by atoms with Gasteiger partial charge in [-0.3, -0.25) is 0 Å². The minimum absolute atomic E-state index is 0.0724. The fraction of sp³-hybridized carbons (Fsp3) is 0.417. The SMILES string of the molecule is CCN[C@H](C)CNS(=O)(=O)c1ccc(C#N)cc1. The van der Waals surface area contributed by atoms with Crippen molar-refractivity contribution in [3.8, 4) is 6.07 Å². The van der Waals surface area contributed by atoms with E-state index in [1.165, 1.54) is 24.3 Å². The van der Waals surface area contributed by atoms with Crippen LogP contribution in [0.25, 0.3) is 0 Å². The monoisotopic (exact) mass is 267 g/mol. The van der Waals surface area contributed by atoms with Crippen LogP contribution in [-0.4, -0.2) is 27.5 Å². The highest BCUT2D eigenvalue weighted by atomic mass is 32.2. The van der Waals surface area contributed by atoms with E-state index >= 15 is 0 Å². The molecule has 0 aliphatic carbocycles. The van der Waals surface area contributed by atoms with Crippen LogP contribution in [0.4, 0.5) is 0 Å². The van der Waals surface area contributed by atoms with Crippen molar-refractivity contribution in [3.63, 3.8) is 0 Å². The summed E-state index contributed by atoms with van der Waals surface area (Å²) in [5.41, 5.74) is 0.440. The Labute approximate surface area is 108 Å². The molecule has 6 heteroatoms. The van der Waals surface area contributed by atoms with Crippen molar-refractivity contribution < 1.29 is 8.42 Å². The Bertz CT molecular complexity index is 517. The van der Waals surface area contributed by atoms with Gasteiger partial charge in [-0.1, -0.05) is 6.92 Å². The molecule has 0 aliphatic rings. The van der Waals surface area contributed by atoms with Crippen LogP contribution >= 0.6 is 0 Å². The number of hydrogen-bond donors (Lipinski definition) is 2. The maximum absolute atomic E-state index is 11.9. The number of benzene rings is 1. The van der Waals surface area contributed by atoms with Crippen LogP contribution < -0.4 is 10.0 Å². The summed E-state index contributed by atoms with van der Waals surface area (Å²) in [4.78, 5) is 0.171. The number of sulfonamides is 1. The summed E-state index contributed by atoms with van der Waals surface area (Å²) in [6.45, 7) is 4.99. The van der Waals surface area contributed by atoms with Crippen molar-refractivity contribution in [1.29, 1.82) is 5.26 Å². The highest BCUT2D eigenvalue weighted by Crippen LogP contribution is 2.09. The number of hydrogen-bond acceptors (Lipinski definition) is 4. The smallest absolute Gasteiger partial charge is 0.240 e. The second-order valence-electron chi connectivity index (χ2n) is 3.95. The van der Waals surface area contributed by atoms with Gasteiger partial charge in [-0.05, 0) is 37.7 Å². The summed E-state index contributed by atoms with van der Waals surface area (Å²) in [6.07, 6.45) is 0. The van der Waals surface area contributed by atoms with E-state index < -0.39 is 10.0 Å². The zero-order valence-electron chi connectivity index (χ0n) is 10.5. The Hall–Kier alpha value is -1.42. The van der Waals surface area contributed by atoms with Crippen molar-refractivity contribution in [2.45, 2.75) is 24.8 Å². The summed E-state index contributed by atoms with van der Waals surface area (Å²) < 4.78 is 26.4. The second kappa shape index (κ2) is 6.50. The van der Waals surface area contributed by atoms with Gasteiger partial charge in [0.1, 0.15) is 0 Å². The van der Waals surface area contributed by atoms with Crippen molar-refractivity contribution in [2.75, 3.05) is 13.1 Å². The van der Waals surface area contributed by atoms with Gasteiger partial charge in [-0.15, -0.1) is 0 Å². The molecule has 2 N–H and O–H groups in total. The van der Waals surface area contributed by atoms with Gasteiger partial charge in [0.25, 0.3) is 0 Å². The highest BCUT2D eigenvalue weighted by Gasteiger charge is 2.14. The normalized spacial score (nSPS) is 12.9. The lowest BCUT2D eigenvalue weighted by Gasteiger charge is -2.13. The number of likely N-dealkylation sites (N-methyl/N-ethyl adjacent to an activating group) is 1. The van der Waals surface area contributed by atoms with Crippen molar-refractivity contribution in [1.82, 2.24) is 10.0 Å². The van der Waals surface area contributed by atoms with Crippen molar-refractivity contribution in [3.05, 3.63) is 29.8 Å². The Balaban J connectivity index is 2.71. The van der Waals surface area contributed by atoms with Crippen LogP contribution in [0.15, 0.2) is 29.2 Å². The van der Waals surface area contributed by atoms with Gasteiger partial charge < -0.3 is 5.32 Å². The summed E-state index contributed by atoms with van der Waals surface area (Å²) in [5, 5.41) is 11.8. The maximum atomic E-state index is 11.9. The third kappa shape index (κ3) is 4.11. The predicted molar refractivity (Wildman–Crippen MR) is 69.5 cm³/mol. The van der Waals surface area contributed by atoms with E-state index in [2.05, 4.69) is 10.0 Å². The number of nitrogens with zero attached hydrogens (tertiary/aromatic N) is 1. The van der Waals surface area contributed by atoms with E-state index in [-0.39, 0.29) is 10.9 Å². The molecule has 0 spiro atoms. The standard InChI is InChI=1S/C12H17N3O2S/c1-3-14-10(2)9-15-18(16,17)12-6-4-11(8-13)5-7-12/h4-7,10,14-15H,3,9H2,1-2H3/t10-/m1/s1. The molecule has 5 nitrogen and oxygen atoms in total. The Morgan fingerprint density at radius 3 is 2.44 bits per heavy atom. The lowest BCUT2D eigenvalue weighted by atomic mass is 10.2. The van der Waals surface area contributed by atoms with E-state index in [0.29, 0.717) is 12.1 Å². The number of nitriles is 1. The third-order valence-corrected chi connectivity index (χ3v) is 3.87. The molecule has 0 heterocycles. The molecule has 0 unspecified atom stereocenters. The fourth-order valence-corrected chi connectivity index (χ4v) is 2.58. The van der Waals surface area contributed by atoms with E-state index in [1.807, 2.05) is 19.9 Å². The predicted octanol–water partition coefficient (Wildman–Crippen LogP) is 0.835.